The first-order valence-electron chi connectivity index (χ1n) is 5.38. The molecular formula is C13H12BrFN2O. The van der Waals surface area contributed by atoms with Gasteiger partial charge in [0.1, 0.15) is 5.82 Å². The molecule has 2 N–H and O–H groups in total. The molecule has 2 aromatic rings. The maximum absolute atomic E-state index is 13.2. The van der Waals surface area contributed by atoms with Gasteiger partial charge in [0, 0.05) is 21.9 Å². The Morgan fingerprint density at radius 3 is 2.83 bits per heavy atom. The van der Waals surface area contributed by atoms with Crippen molar-refractivity contribution in [2.45, 2.75) is 13.5 Å². The summed E-state index contributed by atoms with van der Waals surface area (Å²) in [5.74, 6) is -0.362. The van der Waals surface area contributed by atoms with E-state index in [2.05, 4.69) is 15.9 Å². The van der Waals surface area contributed by atoms with Crippen molar-refractivity contribution in [2.24, 2.45) is 0 Å². The lowest BCUT2D eigenvalue weighted by molar-refractivity contribution is 0.623. The van der Waals surface area contributed by atoms with Crippen molar-refractivity contribution in [3.63, 3.8) is 0 Å². The van der Waals surface area contributed by atoms with Crippen molar-refractivity contribution in [3.8, 4) is 0 Å². The molecular weight excluding hydrogens is 299 g/mol. The van der Waals surface area contributed by atoms with Crippen molar-refractivity contribution < 1.29 is 4.39 Å². The quantitative estimate of drug-likeness (QED) is 0.867. The van der Waals surface area contributed by atoms with Crippen LogP contribution in [-0.4, -0.2) is 4.57 Å². The van der Waals surface area contributed by atoms with Gasteiger partial charge in [-0.15, -0.1) is 0 Å². The average Bonchev–Trinajstić information content (AvgIpc) is 2.30. The molecule has 5 heteroatoms. The predicted molar refractivity (Wildman–Crippen MR) is 73.1 cm³/mol. The molecule has 94 valence electrons. The van der Waals surface area contributed by atoms with Crippen LogP contribution in [0.2, 0.25) is 0 Å². The summed E-state index contributed by atoms with van der Waals surface area (Å²) in [5, 5.41) is 0. The van der Waals surface area contributed by atoms with Gasteiger partial charge in [-0.25, -0.2) is 4.39 Å². The molecule has 0 saturated carbocycles. The number of hydrogen-bond donors (Lipinski definition) is 1. The van der Waals surface area contributed by atoms with Crippen LogP contribution in [-0.2, 0) is 6.54 Å². The van der Waals surface area contributed by atoms with Gasteiger partial charge >= 0.3 is 0 Å². The Morgan fingerprint density at radius 1 is 1.39 bits per heavy atom. The molecule has 0 aliphatic heterocycles. The van der Waals surface area contributed by atoms with Crippen LogP contribution in [0.3, 0.4) is 0 Å². The number of nitrogen functional groups attached to an aromatic ring is 1. The van der Waals surface area contributed by atoms with Crippen LogP contribution < -0.4 is 11.3 Å². The van der Waals surface area contributed by atoms with Gasteiger partial charge in [-0.1, -0.05) is 0 Å². The molecule has 2 rings (SSSR count). The van der Waals surface area contributed by atoms with Crippen LogP contribution in [0, 0.1) is 12.7 Å². The minimum atomic E-state index is -0.362. The Morgan fingerprint density at radius 2 is 2.11 bits per heavy atom. The van der Waals surface area contributed by atoms with Crippen molar-refractivity contribution in [3.05, 3.63) is 62.2 Å². The van der Waals surface area contributed by atoms with E-state index >= 15 is 0 Å². The largest absolute Gasteiger partial charge is 0.398 e. The van der Waals surface area contributed by atoms with Gasteiger partial charge in [0.25, 0.3) is 5.56 Å². The third-order valence-corrected chi connectivity index (χ3v) is 3.11. The van der Waals surface area contributed by atoms with Crippen molar-refractivity contribution >= 4 is 21.6 Å². The lowest BCUT2D eigenvalue weighted by atomic mass is 10.1. The van der Waals surface area contributed by atoms with Gasteiger partial charge < -0.3 is 10.3 Å². The highest BCUT2D eigenvalue weighted by molar-refractivity contribution is 9.10. The molecule has 0 amide bonds. The summed E-state index contributed by atoms with van der Waals surface area (Å²) in [5.41, 5.74) is 7.35. The fraction of sp³-hybridized carbons (Fsp3) is 0.154. The topological polar surface area (TPSA) is 48.0 Å². The zero-order chi connectivity index (χ0) is 13.3. The van der Waals surface area contributed by atoms with E-state index in [1.54, 1.807) is 19.2 Å². The Kier molecular flexibility index (Phi) is 3.52. The molecule has 0 aliphatic rings. The summed E-state index contributed by atoms with van der Waals surface area (Å²) in [7, 11) is 0. The van der Waals surface area contributed by atoms with E-state index in [0.717, 1.165) is 4.47 Å². The van der Waals surface area contributed by atoms with E-state index in [1.165, 1.54) is 22.8 Å². The molecule has 3 nitrogen and oxygen atoms in total. The lowest BCUT2D eigenvalue weighted by Crippen LogP contribution is -2.22. The zero-order valence-electron chi connectivity index (χ0n) is 9.78. The Labute approximate surface area is 112 Å². The number of nitrogens with zero attached hydrogens (tertiary/aromatic N) is 1. The molecule has 1 aromatic carbocycles. The van der Waals surface area contributed by atoms with Gasteiger partial charge in [0.05, 0.1) is 6.54 Å². The lowest BCUT2D eigenvalue weighted by Gasteiger charge is -2.10. The SMILES string of the molecule is Cc1cc(Br)cn(Cc2cc(F)ccc2N)c1=O. The van der Waals surface area contributed by atoms with E-state index in [9.17, 15) is 9.18 Å². The average molecular weight is 311 g/mol. The normalized spacial score (nSPS) is 10.6. The molecule has 0 bridgehead atoms. The summed E-state index contributed by atoms with van der Waals surface area (Å²) in [4.78, 5) is 11.9. The summed E-state index contributed by atoms with van der Waals surface area (Å²) < 4.78 is 15.5. The van der Waals surface area contributed by atoms with Gasteiger partial charge in [-0.05, 0) is 52.7 Å². The predicted octanol–water partition coefficient (Wildman–Crippen LogP) is 2.69. The van der Waals surface area contributed by atoms with Gasteiger partial charge in [0.2, 0.25) is 0 Å². The van der Waals surface area contributed by atoms with Crippen molar-refractivity contribution in [1.29, 1.82) is 0 Å². The van der Waals surface area contributed by atoms with E-state index in [4.69, 9.17) is 5.73 Å². The standard InChI is InChI=1S/C13H12BrFN2O/c1-8-4-10(14)7-17(13(8)18)6-9-5-11(15)2-3-12(9)16/h2-5,7H,6,16H2,1H3. The van der Waals surface area contributed by atoms with Crippen LogP contribution in [0.5, 0.6) is 0 Å². The molecule has 0 spiro atoms. The van der Waals surface area contributed by atoms with Crippen molar-refractivity contribution in [1.82, 2.24) is 4.57 Å². The fourth-order valence-corrected chi connectivity index (χ4v) is 2.34. The zero-order valence-corrected chi connectivity index (χ0v) is 11.4. The molecule has 0 fully saturated rings. The first-order chi connectivity index (χ1) is 8.47. The van der Waals surface area contributed by atoms with Gasteiger partial charge in [0.15, 0.2) is 0 Å². The molecule has 0 unspecified atom stereocenters. The van der Waals surface area contributed by atoms with E-state index in [0.29, 0.717) is 16.8 Å². The van der Waals surface area contributed by atoms with Crippen LogP contribution in [0.1, 0.15) is 11.1 Å². The summed E-state index contributed by atoms with van der Waals surface area (Å²) in [6, 6.07) is 5.89. The summed E-state index contributed by atoms with van der Waals surface area (Å²) in [6.07, 6.45) is 1.67. The highest BCUT2D eigenvalue weighted by Gasteiger charge is 2.06. The molecule has 0 aliphatic carbocycles. The van der Waals surface area contributed by atoms with E-state index in [-0.39, 0.29) is 17.9 Å². The first-order valence-corrected chi connectivity index (χ1v) is 6.17. The molecule has 1 heterocycles. The second kappa shape index (κ2) is 4.94. The first kappa shape index (κ1) is 12.8. The highest BCUT2D eigenvalue weighted by atomic mass is 79.9. The number of anilines is 1. The Balaban J connectivity index is 2.46. The van der Waals surface area contributed by atoms with Crippen molar-refractivity contribution in [2.75, 3.05) is 5.73 Å². The Bertz CT molecular complexity index is 652. The second-order valence-electron chi connectivity index (χ2n) is 4.12. The third kappa shape index (κ3) is 2.61. The fourth-order valence-electron chi connectivity index (χ4n) is 1.75. The monoisotopic (exact) mass is 310 g/mol. The second-order valence-corrected chi connectivity index (χ2v) is 5.03. The van der Waals surface area contributed by atoms with Gasteiger partial charge in [-0.2, -0.15) is 0 Å². The maximum atomic E-state index is 13.2. The molecule has 0 radical (unpaired) electrons. The summed E-state index contributed by atoms with van der Waals surface area (Å²) in [6.45, 7) is 1.99. The summed E-state index contributed by atoms with van der Waals surface area (Å²) >= 11 is 3.33. The van der Waals surface area contributed by atoms with Crippen LogP contribution in [0.15, 0.2) is 39.7 Å². The number of aromatic nitrogens is 1. The number of aryl methyl sites for hydroxylation is 1. The number of pyridine rings is 1. The van der Waals surface area contributed by atoms with Crippen LogP contribution in [0.25, 0.3) is 0 Å². The number of hydrogen-bond acceptors (Lipinski definition) is 2. The Hall–Kier alpha value is -1.62. The van der Waals surface area contributed by atoms with E-state index in [1.807, 2.05) is 0 Å². The van der Waals surface area contributed by atoms with E-state index < -0.39 is 0 Å². The smallest absolute Gasteiger partial charge is 0.253 e. The number of rotatable bonds is 2. The minimum absolute atomic E-state index is 0.109. The molecule has 18 heavy (non-hydrogen) atoms. The molecule has 1 aromatic heterocycles. The van der Waals surface area contributed by atoms with Crippen LogP contribution >= 0.6 is 15.9 Å². The number of halogens is 2. The number of benzene rings is 1. The van der Waals surface area contributed by atoms with Gasteiger partial charge in [-0.3, -0.25) is 4.79 Å². The number of nitrogens with two attached hydrogens (primary N) is 1. The molecule has 0 atom stereocenters. The minimum Gasteiger partial charge on any atom is -0.398 e. The molecule has 0 saturated heterocycles. The maximum Gasteiger partial charge on any atom is 0.253 e. The third-order valence-electron chi connectivity index (χ3n) is 2.68. The van der Waals surface area contributed by atoms with Crippen LogP contribution in [0.4, 0.5) is 10.1 Å². The highest BCUT2D eigenvalue weighted by Crippen LogP contribution is 2.15.